The van der Waals surface area contributed by atoms with E-state index in [2.05, 4.69) is 25.6 Å². The number of carbonyl (C=O) groups is 2. The molecule has 0 radical (unpaired) electrons. The molecule has 34 heavy (non-hydrogen) atoms. The van der Waals surface area contributed by atoms with E-state index in [4.69, 9.17) is 4.74 Å². The van der Waals surface area contributed by atoms with Crippen LogP contribution in [-0.2, 0) is 17.5 Å². The number of aromatic nitrogens is 3. The largest absolute Gasteiger partial charge is 0.417 e. The number of ether oxygens (including phenoxy) is 1. The highest BCUT2D eigenvalue weighted by Crippen LogP contribution is 2.32. The summed E-state index contributed by atoms with van der Waals surface area (Å²) in [6.07, 6.45) is -1.70. The zero-order chi connectivity index (χ0) is 24.3. The molecule has 0 fully saturated rings. The van der Waals surface area contributed by atoms with Crippen molar-refractivity contribution in [3.63, 3.8) is 0 Å². The summed E-state index contributed by atoms with van der Waals surface area (Å²) < 4.78 is 45.1. The smallest absolute Gasteiger partial charge is 0.377 e. The number of pyridine rings is 1. The van der Waals surface area contributed by atoms with Gasteiger partial charge in [0.1, 0.15) is 17.9 Å². The van der Waals surface area contributed by atoms with Crippen LogP contribution in [0.15, 0.2) is 60.9 Å². The van der Waals surface area contributed by atoms with Gasteiger partial charge in [0.05, 0.1) is 34.1 Å². The molecule has 2 heterocycles. The van der Waals surface area contributed by atoms with Gasteiger partial charge in [-0.15, -0.1) is 0 Å². The molecule has 0 aliphatic carbocycles. The number of amides is 2. The number of methoxy groups -OCH3 is 1. The van der Waals surface area contributed by atoms with Gasteiger partial charge in [0.2, 0.25) is 0 Å². The van der Waals surface area contributed by atoms with Crippen LogP contribution in [0, 0.1) is 0 Å². The Morgan fingerprint density at radius 1 is 1.00 bits per heavy atom. The molecule has 0 aliphatic rings. The van der Waals surface area contributed by atoms with E-state index in [0.29, 0.717) is 22.5 Å². The number of fused-ring (bicyclic) bond motifs is 1. The summed E-state index contributed by atoms with van der Waals surface area (Å²) in [7, 11) is 1.48. The van der Waals surface area contributed by atoms with Gasteiger partial charge in [-0.1, -0.05) is 12.1 Å². The minimum atomic E-state index is -4.70. The molecular weight excluding hydrogens is 451 g/mol. The molecule has 2 aromatic heterocycles. The van der Waals surface area contributed by atoms with Crippen LogP contribution in [0.1, 0.15) is 32.1 Å². The van der Waals surface area contributed by atoms with E-state index in [1.165, 1.54) is 37.6 Å². The zero-order valence-electron chi connectivity index (χ0n) is 17.7. The number of carbonyl (C=O) groups excluding carboxylic acids is 2. The molecule has 0 atom stereocenters. The van der Waals surface area contributed by atoms with Gasteiger partial charge < -0.3 is 20.4 Å². The Balaban J connectivity index is 1.72. The quantitative estimate of drug-likeness (QED) is 0.382. The van der Waals surface area contributed by atoms with Crippen molar-refractivity contribution < 1.29 is 27.5 Å². The van der Waals surface area contributed by atoms with Gasteiger partial charge >= 0.3 is 6.18 Å². The van der Waals surface area contributed by atoms with Crippen LogP contribution in [0.4, 0.5) is 24.5 Å². The Morgan fingerprint density at radius 2 is 1.74 bits per heavy atom. The molecule has 0 bridgehead atoms. The third-order valence-electron chi connectivity index (χ3n) is 4.82. The first kappa shape index (κ1) is 22.9. The van der Waals surface area contributed by atoms with E-state index in [1.807, 2.05) is 0 Å². The number of imidazole rings is 1. The normalized spacial score (nSPS) is 11.4. The fraction of sp³-hybridized carbons (Fsp3) is 0.130. The van der Waals surface area contributed by atoms with Crippen molar-refractivity contribution in [2.24, 2.45) is 0 Å². The summed E-state index contributed by atoms with van der Waals surface area (Å²) in [5.74, 6) is -1.08. The SMILES string of the molecule is COCc1nc2c(C(=O)Nc3cccnc3)cc(NC(=O)c3ccccc3C(F)(F)F)cc2[nH]1. The van der Waals surface area contributed by atoms with Crippen molar-refractivity contribution in [1.29, 1.82) is 0 Å². The summed E-state index contributed by atoms with van der Waals surface area (Å²) in [4.78, 5) is 37.0. The number of halogens is 3. The highest BCUT2D eigenvalue weighted by Gasteiger charge is 2.35. The number of benzene rings is 2. The number of hydrogen-bond donors (Lipinski definition) is 3. The molecule has 2 amide bonds. The standard InChI is InChI=1S/C23H18F3N5O3/c1-34-12-19-30-18-10-14(29-21(32)15-6-2-3-7-17(15)23(24,25)26)9-16(20(18)31-19)22(33)28-13-5-4-8-27-11-13/h2-11H,12H2,1H3,(H,28,33)(H,29,32)(H,30,31). The molecule has 8 nitrogen and oxygen atoms in total. The third kappa shape index (κ3) is 4.89. The summed E-state index contributed by atoms with van der Waals surface area (Å²) in [5.41, 5.74) is -0.264. The average Bonchev–Trinajstić information content (AvgIpc) is 3.21. The van der Waals surface area contributed by atoms with Crippen LogP contribution in [0.2, 0.25) is 0 Å². The van der Waals surface area contributed by atoms with Crippen LogP contribution >= 0.6 is 0 Å². The minimum absolute atomic E-state index is 0.0966. The van der Waals surface area contributed by atoms with Gasteiger partial charge in [0.25, 0.3) is 11.8 Å². The molecule has 11 heteroatoms. The minimum Gasteiger partial charge on any atom is -0.377 e. The maximum atomic E-state index is 13.3. The predicted octanol–water partition coefficient (Wildman–Crippen LogP) is 4.63. The molecule has 2 aromatic carbocycles. The van der Waals surface area contributed by atoms with Crippen LogP contribution in [-0.4, -0.2) is 33.9 Å². The summed E-state index contributed by atoms with van der Waals surface area (Å²) in [6.45, 7) is 0.138. The fourth-order valence-corrected chi connectivity index (χ4v) is 3.38. The van der Waals surface area contributed by atoms with Gasteiger partial charge in [-0.2, -0.15) is 13.2 Å². The average molecular weight is 469 g/mol. The molecule has 174 valence electrons. The fourth-order valence-electron chi connectivity index (χ4n) is 3.38. The zero-order valence-corrected chi connectivity index (χ0v) is 17.7. The number of aromatic amines is 1. The number of hydrogen-bond acceptors (Lipinski definition) is 5. The highest BCUT2D eigenvalue weighted by atomic mass is 19.4. The van der Waals surface area contributed by atoms with Crippen LogP contribution in [0.25, 0.3) is 11.0 Å². The van der Waals surface area contributed by atoms with Gasteiger partial charge in [-0.25, -0.2) is 4.98 Å². The first-order valence-corrected chi connectivity index (χ1v) is 9.97. The van der Waals surface area contributed by atoms with Crippen molar-refractivity contribution in [3.8, 4) is 0 Å². The molecule has 3 N–H and O–H groups in total. The lowest BCUT2D eigenvalue weighted by molar-refractivity contribution is -0.137. The Kier molecular flexibility index (Phi) is 6.28. The van der Waals surface area contributed by atoms with E-state index in [0.717, 1.165) is 12.1 Å². The molecule has 0 saturated carbocycles. The maximum absolute atomic E-state index is 13.3. The Morgan fingerprint density at radius 3 is 2.44 bits per heavy atom. The van der Waals surface area contributed by atoms with Crippen LogP contribution < -0.4 is 10.6 Å². The van der Waals surface area contributed by atoms with E-state index >= 15 is 0 Å². The number of nitrogens with zero attached hydrogens (tertiary/aromatic N) is 2. The van der Waals surface area contributed by atoms with E-state index in [1.54, 1.807) is 18.3 Å². The Hall–Kier alpha value is -4.25. The van der Waals surface area contributed by atoms with Crippen LogP contribution in [0.3, 0.4) is 0 Å². The van der Waals surface area contributed by atoms with Gasteiger partial charge in [-0.05, 0) is 36.4 Å². The summed E-state index contributed by atoms with van der Waals surface area (Å²) in [6, 6.07) is 10.6. The lowest BCUT2D eigenvalue weighted by Gasteiger charge is -2.13. The third-order valence-corrected chi connectivity index (χ3v) is 4.82. The van der Waals surface area contributed by atoms with Gasteiger partial charge in [0.15, 0.2) is 0 Å². The van der Waals surface area contributed by atoms with Crippen molar-refractivity contribution in [2.45, 2.75) is 12.8 Å². The number of alkyl halides is 3. The first-order chi connectivity index (χ1) is 16.3. The number of nitrogens with one attached hydrogen (secondary N) is 3. The molecule has 4 aromatic rings. The van der Waals surface area contributed by atoms with Gasteiger partial charge in [0, 0.05) is 19.0 Å². The lowest BCUT2D eigenvalue weighted by Crippen LogP contribution is -2.19. The van der Waals surface area contributed by atoms with Crippen molar-refractivity contribution in [1.82, 2.24) is 15.0 Å². The topological polar surface area (TPSA) is 109 Å². The van der Waals surface area contributed by atoms with E-state index < -0.39 is 29.1 Å². The number of anilines is 2. The lowest BCUT2D eigenvalue weighted by atomic mass is 10.1. The molecule has 0 aliphatic heterocycles. The summed E-state index contributed by atoms with van der Waals surface area (Å²) in [5, 5.41) is 5.14. The number of H-pyrrole nitrogens is 1. The van der Waals surface area contributed by atoms with Crippen molar-refractivity contribution in [2.75, 3.05) is 17.7 Å². The number of rotatable bonds is 6. The second-order valence-corrected chi connectivity index (χ2v) is 7.23. The first-order valence-electron chi connectivity index (χ1n) is 9.97. The van der Waals surface area contributed by atoms with Gasteiger partial charge in [-0.3, -0.25) is 14.6 Å². The van der Waals surface area contributed by atoms with Crippen molar-refractivity contribution >= 4 is 34.2 Å². The predicted molar refractivity (Wildman–Crippen MR) is 118 cm³/mol. The Bertz CT molecular complexity index is 1350. The molecule has 0 saturated heterocycles. The highest BCUT2D eigenvalue weighted by molar-refractivity contribution is 6.14. The second-order valence-electron chi connectivity index (χ2n) is 7.23. The van der Waals surface area contributed by atoms with E-state index in [9.17, 15) is 22.8 Å². The second kappa shape index (κ2) is 9.32. The summed E-state index contributed by atoms with van der Waals surface area (Å²) >= 11 is 0. The molecule has 0 unspecified atom stereocenters. The van der Waals surface area contributed by atoms with E-state index in [-0.39, 0.29) is 17.9 Å². The molecule has 4 rings (SSSR count). The maximum Gasteiger partial charge on any atom is 0.417 e. The van der Waals surface area contributed by atoms with Crippen LogP contribution in [0.5, 0.6) is 0 Å². The molecule has 0 spiro atoms. The molecular formula is C23H18F3N5O3. The Labute approximate surface area is 191 Å². The van der Waals surface area contributed by atoms with Crippen molar-refractivity contribution in [3.05, 3.63) is 83.4 Å². The monoisotopic (exact) mass is 469 g/mol.